The minimum absolute atomic E-state index is 0.347. The van der Waals surface area contributed by atoms with Crippen LogP contribution in [0.25, 0.3) is 0 Å². The van der Waals surface area contributed by atoms with Gasteiger partial charge in [-0.2, -0.15) is 0 Å². The average molecular weight is 437 g/mol. The first-order valence-electron chi connectivity index (χ1n) is 9.66. The molecular formula is C21H32N4O4S. The highest BCUT2D eigenvalue weighted by atomic mass is 32.1. The molecule has 0 saturated heterocycles. The minimum atomic E-state index is -0.478. The number of aldehydes is 1. The van der Waals surface area contributed by atoms with Gasteiger partial charge in [-0.3, -0.25) is 4.79 Å². The van der Waals surface area contributed by atoms with Crippen LogP contribution in [0.1, 0.15) is 48.0 Å². The van der Waals surface area contributed by atoms with Gasteiger partial charge in [-0.1, -0.05) is 17.4 Å². The zero-order valence-electron chi connectivity index (χ0n) is 18.5. The van der Waals surface area contributed by atoms with Crippen LogP contribution in [0.2, 0.25) is 0 Å². The van der Waals surface area contributed by atoms with Crippen LogP contribution in [0.3, 0.4) is 0 Å². The summed E-state index contributed by atoms with van der Waals surface area (Å²) >= 11 is 1.30. The van der Waals surface area contributed by atoms with Gasteiger partial charge in [-0.05, 0) is 52.7 Å². The molecule has 1 amide bonds. The van der Waals surface area contributed by atoms with Crippen LogP contribution in [0.4, 0.5) is 15.6 Å². The van der Waals surface area contributed by atoms with Crippen molar-refractivity contribution < 1.29 is 19.4 Å². The van der Waals surface area contributed by atoms with E-state index in [9.17, 15) is 14.7 Å². The van der Waals surface area contributed by atoms with Crippen molar-refractivity contribution in [2.45, 2.75) is 46.6 Å². The lowest BCUT2D eigenvalue weighted by molar-refractivity contribution is 0.0527. The highest BCUT2D eigenvalue weighted by molar-refractivity contribution is 7.17. The molecule has 0 aliphatic heterocycles. The topological polar surface area (TPSA) is 113 Å². The molecule has 2 rings (SSSR count). The third-order valence-corrected chi connectivity index (χ3v) is 4.71. The maximum absolute atomic E-state index is 11.3. The van der Waals surface area contributed by atoms with E-state index in [1.807, 2.05) is 47.7 Å². The Morgan fingerprint density at radius 3 is 2.50 bits per heavy atom. The van der Waals surface area contributed by atoms with Crippen LogP contribution in [-0.4, -0.2) is 48.2 Å². The summed E-state index contributed by atoms with van der Waals surface area (Å²) < 4.78 is 5.10. The van der Waals surface area contributed by atoms with E-state index in [0.29, 0.717) is 28.8 Å². The third-order valence-electron chi connectivity index (χ3n) is 3.83. The van der Waals surface area contributed by atoms with Gasteiger partial charge in [0.05, 0.1) is 11.1 Å². The molecule has 8 nitrogen and oxygen atoms in total. The van der Waals surface area contributed by atoms with Gasteiger partial charge in [0.25, 0.3) is 0 Å². The van der Waals surface area contributed by atoms with Crippen molar-refractivity contribution in [1.82, 2.24) is 10.3 Å². The largest absolute Gasteiger partial charge is 0.508 e. The van der Waals surface area contributed by atoms with Gasteiger partial charge < -0.3 is 25.8 Å². The van der Waals surface area contributed by atoms with Crippen molar-refractivity contribution >= 4 is 34.5 Å². The predicted octanol–water partition coefficient (Wildman–Crippen LogP) is 4.33. The maximum atomic E-state index is 11.3. The molecular weight excluding hydrogens is 404 g/mol. The SMILES string of the molecule is CC(C)(C)OC(=O)NCCCNc1ncc(C=O)s1.CNc1c(C)ccc(O)c1C. The number of hydrogen-bond donors (Lipinski definition) is 4. The van der Waals surface area contributed by atoms with Crippen molar-refractivity contribution in [3.05, 3.63) is 34.3 Å². The number of anilines is 2. The Bertz CT molecular complexity index is 831. The second kappa shape index (κ2) is 12.0. The second-order valence-corrected chi connectivity index (χ2v) is 8.61. The summed E-state index contributed by atoms with van der Waals surface area (Å²) in [5.41, 5.74) is 2.61. The van der Waals surface area contributed by atoms with Crippen molar-refractivity contribution in [2.24, 2.45) is 0 Å². The molecule has 1 heterocycles. The molecule has 0 radical (unpaired) electrons. The number of carbonyl (C=O) groups excluding carboxylic acids is 2. The van der Waals surface area contributed by atoms with Gasteiger partial charge in [-0.15, -0.1) is 0 Å². The minimum Gasteiger partial charge on any atom is -0.508 e. The molecule has 0 spiro atoms. The first-order chi connectivity index (χ1) is 14.1. The standard InChI is InChI=1S/C12H19N3O3S.C9H13NO/c1-12(2,3)18-11(17)14-6-4-5-13-10-15-7-9(8-16)19-10;1-6-4-5-8(11)7(2)9(6)10-3/h7-8H,4-6H2,1-3H3,(H,13,15)(H,14,17);4-5,10-11H,1-3H3. The second-order valence-electron chi connectivity index (χ2n) is 7.55. The Kier molecular flexibility index (Phi) is 10.1. The molecule has 9 heteroatoms. The number of nitrogens with zero attached hydrogens (tertiary/aromatic N) is 1. The Morgan fingerprint density at radius 1 is 1.27 bits per heavy atom. The number of thiazole rings is 1. The fourth-order valence-corrected chi connectivity index (χ4v) is 3.09. The number of alkyl carbamates (subject to hydrolysis) is 1. The van der Waals surface area contributed by atoms with Crippen LogP contribution in [-0.2, 0) is 4.74 Å². The molecule has 0 bridgehead atoms. The molecule has 1 aromatic heterocycles. The number of ether oxygens (including phenoxy) is 1. The predicted molar refractivity (Wildman–Crippen MR) is 122 cm³/mol. The lowest BCUT2D eigenvalue weighted by Gasteiger charge is -2.19. The Labute approximate surface area is 182 Å². The summed E-state index contributed by atoms with van der Waals surface area (Å²) in [5, 5.41) is 18.8. The Morgan fingerprint density at radius 2 is 1.97 bits per heavy atom. The summed E-state index contributed by atoms with van der Waals surface area (Å²) in [4.78, 5) is 26.4. The summed E-state index contributed by atoms with van der Waals surface area (Å²) in [7, 11) is 1.86. The van der Waals surface area contributed by atoms with Gasteiger partial charge >= 0.3 is 6.09 Å². The number of aromatic hydroxyl groups is 1. The van der Waals surface area contributed by atoms with Crippen LogP contribution in [0, 0.1) is 13.8 Å². The van der Waals surface area contributed by atoms with Gasteiger partial charge in [0.1, 0.15) is 11.4 Å². The van der Waals surface area contributed by atoms with E-state index in [0.717, 1.165) is 29.5 Å². The summed E-state index contributed by atoms with van der Waals surface area (Å²) in [5.74, 6) is 0.347. The first kappa shape index (κ1) is 25.2. The number of phenols is 1. The van der Waals surface area contributed by atoms with Crippen molar-refractivity contribution in [2.75, 3.05) is 30.8 Å². The van der Waals surface area contributed by atoms with E-state index in [-0.39, 0.29) is 0 Å². The number of benzene rings is 1. The van der Waals surface area contributed by atoms with E-state index >= 15 is 0 Å². The first-order valence-corrected chi connectivity index (χ1v) is 10.5. The maximum Gasteiger partial charge on any atom is 0.407 e. The van der Waals surface area contributed by atoms with E-state index in [4.69, 9.17) is 4.74 Å². The molecule has 2 aromatic rings. The lowest BCUT2D eigenvalue weighted by Crippen LogP contribution is -2.33. The highest BCUT2D eigenvalue weighted by Crippen LogP contribution is 2.27. The van der Waals surface area contributed by atoms with Crippen molar-refractivity contribution in [3.63, 3.8) is 0 Å². The van der Waals surface area contributed by atoms with Crippen LogP contribution >= 0.6 is 11.3 Å². The zero-order valence-corrected chi connectivity index (χ0v) is 19.3. The summed E-state index contributed by atoms with van der Waals surface area (Å²) in [6.07, 6.45) is 2.63. The quantitative estimate of drug-likeness (QED) is 0.377. The number of aromatic nitrogens is 1. The number of nitrogens with one attached hydrogen (secondary N) is 3. The number of hydrogen-bond acceptors (Lipinski definition) is 8. The molecule has 0 aliphatic rings. The molecule has 0 unspecified atom stereocenters. The smallest absolute Gasteiger partial charge is 0.407 e. The number of amides is 1. The fourth-order valence-electron chi connectivity index (χ4n) is 2.43. The van der Waals surface area contributed by atoms with Gasteiger partial charge in [-0.25, -0.2) is 9.78 Å². The fraction of sp³-hybridized carbons (Fsp3) is 0.476. The number of rotatable bonds is 7. The average Bonchev–Trinajstić information content (AvgIpc) is 3.12. The van der Waals surface area contributed by atoms with Crippen molar-refractivity contribution in [1.29, 1.82) is 0 Å². The molecule has 1 aromatic carbocycles. The normalized spacial score (nSPS) is 10.5. The Hall–Kier alpha value is -2.81. The van der Waals surface area contributed by atoms with Crippen LogP contribution < -0.4 is 16.0 Å². The highest BCUT2D eigenvalue weighted by Gasteiger charge is 2.15. The molecule has 30 heavy (non-hydrogen) atoms. The molecule has 0 fully saturated rings. The number of carbonyl (C=O) groups is 2. The summed E-state index contributed by atoms with van der Waals surface area (Å²) in [6, 6.07) is 3.61. The monoisotopic (exact) mass is 436 g/mol. The third kappa shape index (κ3) is 9.13. The Balaban J connectivity index is 0.000000346. The van der Waals surface area contributed by atoms with Crippen LogP contribution in [0.5, 0.6) is 5.75 Å². The lowest BCUT2D eigenvalue weighted by atomic mass is 10.1. The summed E-state index contributed by atoms with van der Waals surface area (Å²) in [6.45, 7) is 10.6. The van der Waals surface area contributed by atoms with E-state index in [1.165, 1.54) is 17.5 Å². The van der Waals surface area contributed by atoms with E-state index in [1.54, 1.807) is 6.07 Å². The molecule has 4 N–H and O–H groups in total. The molecule has 0 atom stereocenters. The van der Waals surface area contributed by atoms with Gasteiger partial charge in [0.15, 0.2) is 11.4 Å². The zero-order chi connectivity index (χ0) is 22.7. The van der Waals surface area contributed by atoms with Gasteiger partial charge in [0.2, 0.25) is 0 Å². The molecule has 166 valence electrons. The van der Waals surface area contributed by atoms with E-state index in [2.05, 4.69) is 20.9 Å². The van der Waals surface area contributed by atoms with Gasteiger partial charge in [0, 0.05) is 31.4 Å². The van der Waals surface area contributed by atoms with E-state index < -0.39 is 11.7 Å². The molecule has 0 aliphatic carbocycles. The van der Waals surface area contributed by atoms with Crippen molar-refractivity contribution in [3.8, 4) is 5.75 Å². The molecule has 0 saturated carbocycles. The number of phenolic OH excluding ortho intramolecular Hbond substituents is 1. The van der Waals surface area contributed by atoms with Crippen LogP contribution in [0.15, 0.2) is 18.3 Å². The number of aryl methyl sites for hydroxylation is 1.